The molecule has 0 spiro atoms. The maximum absolute atomic E-state index is 13.3. The van der Waals surface area contributed by atoms with Gasteiger partial charge in [0.25, 0.3) is 11.7 Å². The van der Waals surface area contributed by atoms with E-state index in [1.807, 2.05) is 0 Å². The molecule has 10 heteroatoms. The molecule has 1 aliphatic heterocycles. The van der Waals surface area contributed by atoms with Crippen LogP contribution in [0.1, 0.15) is 37.0 Å². The quantitative estimate of drug-likeness (QED) is 0.444. The van der Waals surface area contributed by atoms with Crippen LogP contribution < -0.4 is 24.8 Å². The number of benzene rings is 1. The number of ether oxygens (including phenoxy) is 3. The van der Waals surface area contributed by atoms with E-state index in [4.69, 9.17) is 14.2 Å². The van der Waals surface area contributed by atoms with Gasteiger partial charge in [-0.1, -0.05) is 0 Å². The van der Waals surface area contributed by atoms with E-state index in [2.05, 4.69) is 10.6 Å². The second-order valence-corrected chi connectivity index (χ2v) is 7.71. The van der Waals surface area contributed by atoms with Gasteiger partial charge in [-0.3, -0.25) is 19.2 Å². The average molecular weight is 450 g/mol. The summed E-state index contributed by atoms with van der Waals surface area (Å²) in [5.41, 5.74) is 0.0228. The molecule has 0 saturated carbocycles. The first kappa shape index (κ1) is 25.0. The molecule has 1 aromatic carbocycles. The van der Waals surface area contributed by atoms with Crippen LogP contribution in [0.2, 0.25) is 0 Å². The average Bonchev–Trinajstić information content (AvgIpc) is 2.80. The van der Waals surface area contributed by atoms with Gasteiger partial charge < -0.3 is 29.7 Å². The molecule has 1 saturated heterocycles. The zero-order valence-corrected chi connectivity index (χ0v) is 19.3. The van der Waals surface area contributed by atoms with Gasteiger partial charge in [0.15, 0.2) is 11.5 Å². The molecule has 1 aromatic rings. The fraction of sp³-hybridized carbons (Fsp3) is 0.545. The first-order chi connectivity index (χ1) is 15.2. The topological polar surface area (TPSA) is 123 Å². The molecule has 0 aromatic heterocycles. The van der Waals surface area contributed by atoms with E-state index < -0.39 is 29.6 Å². The molecule has 32 heavy (non-hydrogen) atoms. The second kappa shape index (κ2) is 10.8. The summed E-state index contributed by atoms with van der Waals surface area (Å²) < 4.78 is 15.8. The van der Waals surface area contributed by atoms with Crippen LogP contribution in [0.25, 0.3) is 0 Å². The van der Waals surface area contributed by atoms with E-state index >= 15 is 0 Å². The molecular formula is C22H31N3O7. The van der Waals surface area contributed by atoms with Gasteiger partial charge in [0.2, 0.25) is 17.6 Å². The number of carbonyl (C=O) groups excluding carboxylic acids is 4. The monoisotopic (exact) mass is 449 g/mol. The highest BCUT2D eigenvalue weighted by Gasteiger charge is 2.44. The molecule has 1 fully saturated rings. The summed E-state index contributed by atoms with van der Waals surface area (Å²) in [6.07, 6.45) is 0.913. The molecule has 0 aliphatic carbocycles. The Morgan fingerprint density at radius 3 is 2.06 bits per heavy atom. The minimum Gasteiger partial charge on any atom is -0.493 e. The maximum atomic E-state index is 13.3. The molecule has 1 heterocycles. The van der Waals surface area contributed by atoms with Gasteiger partial charge in [-0.25, -0.2) is 0 Å². The van der Waals surface area contributed by atoms with Crippen molar-refractivity contribution in [1.82, 2.24) is 15.5 Å². The number of nitrogens with zero attached hydrogens (tertiary/aromatic N) is 1. The number of piperidine rings is 1. The van der Waals surface area contributed by atoms with Crippen LogP contribution in [0.5, 0.6) is 17.2 Å². The normalized spacial score (nSPS) is 18.0. The van der Waals surface area contributed by atoms with Gasteiger partial charge in [-0.05, 0) is 38.8 Å². The molecule has 1 aliphatic rings. The van der Waals surface area contributed by atoms with Gasteiger partial charge in [0, 0.05) is 25.2 Å². The highest BCUT2D eigenvalue weighted by Crippen LogP contribution is 2.38. The Labute approximate surface area is 187 Å². The van der Waals surface area contributed by atoms with Crippen LogP contribution in [-0.2, 0) is 14.4 Å². The van der Waals surface area contributed by atoms with Crippen LogP contribution in [0.15, 0.2) is 12.1 Å². The Hall–Kier alpha value is -3.30. The molecule has 3 amide bonds. The van der Waals surface area contributed by atoms with Crippen molar-refractivity contribution in [3.63, 3.8) is 0 Å². The summed E-state index contributed by atoms with van der Waals surface area (Å²) >= 11 is 0. The van der Waals surface area contributed by atoms with Crippen molar-refractivity contribution in [3.8, 4) is 17.2 Å². The predicted octanol–water partition coefficient (Wildman–Crippen LogP) is 0.773. The van der Waals surface area contributed by atoms with Crippen LogP contribution in [-0.4, -0.2) is 75.4 Å². The van der Waals surface area contributed by atoms with E-state index in [0.717, 1.165) is 0 Å². The number of methoxy groups -OCH3 is 3. The van der Waals surface area contributed by atoms with Crippen molar-refractivity contribution in [2.75, 3.05) is 34.9 Å². The number of amides is 3. The first-order valence-electron chi connectivity index (χ1n) is 10.4. The van der Waals surface area contributed by atoms with Gasteiger partial charge >= 0.3 is 0 Å². The highest BCUT2D eigenvalue weighted by molar-refractivity contribution is 6.43. The minimum absolute atomic E-state index is 0.0228. The first-order valence-corrected chi connectivity index (χ1v) is 10.4. The minimum atomic E-state index is -1.09. The SMILES string of the molecule is CNC(=O)C1CCCN(C(=O)C(=O)c2cc(OC)c(OC)c(OC)c2)C1C(=O)NC(C)C. The Kier molecular flexibility index (Phi) is 8.45. The maximum Gasteiger partial charge on any atom is 0.295 e. The summed E-state index contributed by atoms with van der Waals surface area (Å²) in [7, 11) is 5.70. The lowest BCUT2D eigenvalue weighted by molar-refractivity contribution is -0.146. The number of likely N-dealkylation sites (tertiary alicyclic amines) is 1. The van der Waals surface area contributed by atoms with Crippen LogP contribution in [0.4, 0.5) is 0 Å². The second-order valence-electron chi connectivity index (χ2n) is 7.71. The number of hydrogen-bond donors (Lipinski definition) is 2. The third-order valence-electron chi connectivity index (χ3n) is 5.30. The number of ketones is 1. The lowest BCUT2D eigenvalue weighted by Crippen LogP contribution is -2.60. The highest BCUT2D eigenvalue weighted by atomic mass is 16.5. The molecule has 2 N–H and O–H groups in total. The fourth-order valence-electron chi connectivity index (χ4n) is 3.84. The van der Waals surface area contributed by atoms with E-state index in [0.29, 0.717) is 12.8 Å². The van der Waals surface area contributed by atoms with Crippen LogP contribution >= 0.6 is 0 Å². The molecule has 0 bridgehead atoms. The third-order valence-corrected chi connectivity index (χ3v) is 5.30. The molecule has 2 atom stereocenters. The summed E-state index contributed by atoms with van der Waals surface area (Å²) in [6.45, 7) is 3.74. The molecule has 2 unspecified atom stereocenters. The Bertz CT molecular complexity index is 859. The van der Waals surface area contributed by atoms with Gasteiger partial charge in [-0.2, -0.15) is 0 Å². The molecule has 0 radical (unpaired) electrons. The summed E-state index contributed by atoms with van der Waals surface area (Å²) in [5.74, 6) is -2.58. The Balaban J connectivity index is 2.45. The Morgan fingerprint density at radius 2 is 1.59 bits per heavy atom. The zero-order chi connectivity index (χ0) is 24.0. The van der Waals surface area contributed by atoms with Crippen molar-refractivity contribution in [3.05, 3.63) is 17.7 Å². The lowest BCUT2D eigenvalue weighted by atomic mass is 9.86. The number of carbonyl (C=O) groups is 4. The number of nitrogens with one attached hydrogen (secondary N) is 2. The number of Topliss-reactive ketones (excluding diaryl/α,β-unsaturated/α-hetero) is 1. The molecular weight excluding hydrogens is 418 g/mol. The number of rotatable bonds is 8. The van der Waals surface area contributed by atoms with Crippen LogP contribution in [0, 0.1) is 5.92 Å². The van der Waals surface area contributed by atoms with Crippen molar-refractivity contribution in [1.29, 1.82) is 0 Å². The van der Waals surface area contributed by atoms with Crippen molar-refractivity contribution in [2.45, 2.75) is 38.8 Å². The third kappa shape index (κ3) is 5.12. The summed E-state index contributed by atoms with van der Waals surface area (Å²) in [6, 6.07) is 1.47. The van der Waals surface area contributed by atoms with Crippen molar-refractivity contribution >= 4 is 23.5 Å². The number of hydrogen-bond acceptors (Lipinski definition) is 7. The summed E-state index contributed by atoms with van der Waals surface area (Å²) in [5, 5.41) is 5.30. The smallest absolute Gasteiger partial charge is 0.295 e. The van der Waals surface area contributed by atoms with E-state index in [1.54, 1.807) is 13.8 Å². The fourth-order valence-corrected chi connectivity index (χ4v) is 3.84. The van der Waals surface area contributed by atoms with Gasteiger partial charge in [0.05, 0.1) is 27.2 Å². The van der Waals surface area contributed by atoms with E-state index in [-0.39, 0.29) is 41.3 Å². The summed E-state index contributed by atoms with van der Waals surface area (Å²) in [4.78, 5) is 53.0. The van der Waals surface area contributed by atoms with E-state index in [9.17, 15) is 19.2 Å². The lowest BCUT2D eigenvalue weighted by Gasteiger charge is -2.39. The van der Waals surface area contributed by atoms with Crippen molar-refractivity contribution in [2.24, 2.45) is 5.92 Å². The van der Waals surface area contributed by atoms with Crippen LogP contribution in [0.3, 0.4) is 0 Å². The largest absolute Gasteiger partial charge is 0.493 e. The molecule has 176 valence electrons. The van der Waals surface area contributed by atoms with Crippen molar-refractivity contribution < 1.29 is 33.4 Å². The van der Waals surface area contributed by atoms with E-state index in [1.165, 1.54) is 45.4 Å². The Morgan fingerprint density at radius 1 is 1.00 bits per heavy atom. The van der Waals surface area contributed by atoms with Gasteiger partial charge in [0.1, 0.15) is 6.04 Å². The van der Waals surface area contributed by atoms with Gasteiger partial charge in [-0.15, -0.1) is 0 Å². The predicted molar refractivity (Wildman–Crippen MR) is 116 cm³/mol. The molecule has 10 nitrogen and oxygen atoms in total. The standard InChI is InChI=1S/C22H31N3O7/c1-12(2)24-21(28)17-14(20(27)23-3)8-7-9-25(17)22(29)18(26)13-10-15(30-4)19(32-6)16(11-13)31-5/h10-12,14,17H,7-9H2,1-6H3,(H,23,27)(H,24,28). The zero-order valence-electron chi connectivity index (χ0n) is 19.3. The molecule has 2 rings (SSSR count).